The molecule has 6 nitrogen and oxygen atoms in total. The first-order valence-corrected chi connectivity index (χ1v) is 11.4. The summed E-state index contributed by atoms with van der Waals surface area (Å²) in [6, 6.07) is 16.5. The Morgan fingerprint density at radius 3 is 2.52 bits per heavy atom. The molecule has 0 aromatic heterocycles. The zero-order chi connectivity index (χ0) is 20.9. The van der Waals surface area contributed by atoms with Crippen LogP contribution in [0.5, 0.6) is 0 Å². The van der Waals surface area contributed by atoms with Crippen molar-refractivity contribution in [1.82, 2.24) is 9.62 Å². The molecule has 0 bridgehead atoms. The molecule has 1 N–H and O–H groups in total. The van der Waals surface area contributed by atoms with E-state index in [4.69, 9.17) is 5.26 Å². The number of rotatable bonds is 7. The SMILES string of the molecule is Cc1cccc(N2CCN(CCC(C)NS(=O)(=O)c3cccc(C#N)c3)CC2)c1. The van der Waals surface area contributed by atoms with E-state index in [-0.39, 0.29) is 10.9 Å². The molecule has 1 saturated heterocycles. The third-order valence-corrected chi connectivity index (χ3v) is 6.83. The fourth-order valence-corrected chi connectivity index (χ4v) is 4.88. The number of sulfonamides is 1. The molecule has 7 heteroatoms. The Labute approximate surface area is 173 Å². The molecule has 1 heterocycles. The smallest absolute Gasteiger partial charge is 0.240 e. The van der Waals surface area contributed by atoms with Gasteiger partial charge < -0.3 is 4.90 Å². The van der Waals surface area contributed by atoms with Gasteiger partial charge in [0.1, 0.15) is 0 Å². The largest absolute Gasteiger partial charge is 0.369 e. The molecule has 0 spiro atoms. The van der Waals surface area contributed by atoms with E-state index in [1.165, 1.54) is 23.4 Å². The molecule has 1 aliphatic heterocycles. The van der Waals surface area contributed by atoms with Crippen LogP contribution in [0.15, 0.2) is 53.4 Å². The number of nitrogens with zero attached hydrogens (tertiary/aromatic N) is 3. The first-order chi connectivity index (χ1) is 13.9. The summed E-state index contributed by atoms with van der Waals surface area (Å²) in [7, 11) is -3.62. The highest BCUT2D eigenvalue weighted by molar-refractivity contribution is 7.89. The summed E-state index contributed by atoms with van der Waals surface area (Å²) in [5.74, 6) is 0. The van der Waals surface area contributed by atoms with Crippen LogP contribution in [-0.4, -0.2) is 52.1 Å². The lowest BCUT2D eigenvalue weighted by Gasteiger charge is -2.36. The second kappa shape index (κ2) is 9.40. The zero-order valence-electron chi connectivity index (χ0n) is 17.0. The minimum Gasteiger partial charge on any atom is -0.369 e. The third-order valence-electron chi connectivity index (χ3n) is 5.25. The van der Waals surface area contributed by atoms with Crippen LogP contribution < -0.4 is 9.62 Å². The molecule has 1 unspecified atom stereocenters. The molecule has 0 aliphatic carbocycles. The van der Waals surface area contributed by atoms with Gasteiger partial charge in [0.25, 0.3) is 0 Å². The van der Waals surface area contributed by atoms with Gasteiger partial charge in [-0.2, -0.15) is 5.26 Å². The van der Waals surface area contributed by atoms with Crippen LogP contribution in [0.3, 0.4) is 0 Å². The number of nitriles is 1. The number of benzene rings is 2. The normalized spacial score (nSPS) is 16.4. The topological polar surface area (TPSA) is 76.4 Å². The van der Waals surface area contributed by atoms with Crippen molar-refractivity contribution in [3.05, 3.63) is 59.7 Å². The number of piperazine rings is 1. The predicted octanol–water partition coefficient (Wildman–Crippen LogP) is 2.75. The highest BCUT2D eigenvalue weighted by Gasteiger charge is 2.20. The van der Waals surface area contributed by atoms with Gasteiger partial charge in [-0.3, -0.25) is 4.90 Å². The molecule has 2 aromatic carbocycles. The quantitative estimate of drug-likeness (QED) is 0.757. The molecule has 0 amide bonds. The molecule has 0 radical (unpaired) electrons. The first-order valence-electron chi connectivity index (χ1n) is 9.94. The molecule has 1 fully saturated rings. The van der Waals surface area contributed by atoms with Crippen molar-refractivity contribution in [1.29, 1.82) is 5.26 Å². The Morgan fingerprint density at radius 2 is 1.83 bits per heavy atom. The maximum absolute atomic E-state index is 12.5. The Hall–Kier alpha value is -2.40. The average Bonchev–Trinajstić information content (AvgIpc) is 2.72. The van der Waals surface area contributed by atoms with E-state index >= 15 is 0 Å². The Morgan fingerprint density at radius 1 is 1.10 bits per heavy atom. The average molecular weight is 413 g/mol. The molecular weight excluding hydrogens is 384 g/mol. The van der Waals surface area contributed by atoms with E-state index < -0.39 is 10.0 Å². The van der Waals surface area contributed by atoms with Crippen LogP contribution in [0.4, 0.5) is 5.69 Å². The van der Waals surface area contributed by atoms with Crippen molar-refractivity contribution in [2.24, 2.45) is 0 Å². The van der Waals surface area contributed by atoms with Crippen LogP contribution in [0, 0.1) is 18.3 Å². The Kier molecular flexibility index (Phi) is 6.91. The summed E-state index contributed by atoms with van der Waals surface area (Å²) in [5.41, 5.74) is 2.88. The summed E-state index contributed by atoms with van der Waals surface area (Å²) in [5, 5.41) is 8.97. The summed E-state index contributed by atoms with van der Waals surface area (Å²) >= 11 is 0. The van der Waals surface area contributed by atoms with E-state index in [9.17, 15) is 8.42 Å². The molecule has 3 rings (SSSR count). The van der Waals surface area contributed by atoms with E-state index in [2.05, 4.69) is 45.7 Å². The zero-order valence-corrected chi connectivity index (χ0v) is 17.8. The predicted molar refractivity (Wildman–Crippen MR) is 115 cm³/mol. The number of nitrogens with one attached hydrogen (secondary N) is 1. The van der Waals surface area contributed by atoms with Gasteiger partial charge >= 0.3 is 0 Å². The van der Waals surface area contributed by atoms with Crippen LogP contribution in [0.2, 0.25) is 0 Å². The van der Waals surface area contributed by atoms with Gasteiger partial charge in [-0.15, -0.1) is 0 Å². The van der Waals surface area contributed by atoms with Crippen LogP contribution in [0.25, 0.3) is 0 Å². The maximum Gasteiger partial charge on any atom is 0.240 e. The van der Waals surface area contributed by atoms with Crippen LogP contribution in [-0.2, 0) is 10.0 Å². The Bertz CT molecular complexity index is 976. The van der Waals surface area contributed by atoms with Gasteiger partial charge in [0, 0.05) is 37.9 Å². The summed E-state index contributed by atoms with van der Waals surface area (Å²) in [6.07, 6.45) is 0.738. The monoisotopic (exact) mass is 412 g/mol. The van der Waals surface area contributed by atoms with Crippen LogP contribution in [0.1, 0.15) is 24.5 Å². The molecule has 29 heavy (non-hydrogen) atoms. The van der Waals surface area contributed by atoms with Crippen molar-refractivity contribution < 1.29 is 8.42 Å². The number of hydrogen-bond acceptors (Lipinski definition) is 5. The van der Waals surface area contributed by atoms with Crippen molar-refractivity contribution in [3.8, 4) is 6.07 Å². The molecule has 2 aromatic rings. The molecule has 154 valence electrons. The molecular formula is C22H28N4O2S. The van der Waals surface area contributed by atoms with E-state index in [0.29, 0.717) is 5.56 Å². The van der Waals surface area contributed by atoms with Crippen LogP contribution >= 0.6 is 0 Å². The number of aryl methyl sites for hydroxylation is 1. The lowest BCUT2D eigenvalue weighted by atomic mass is 10.2. The highest BCUT2D eigenvalue weighted by atomic mass is 32.2. The summed E-state index contributed by atoms with van der Waals surface area (Å²) in [6.45, 7) is 8.74. The second-order valence-electron chi connectivity index (χ2n) is 7.62. The van der Waals surface area contributed by atoms with Crippen molar-refractivity contribution >= 4 is 15.7 Å². The Balaban J connectivity index is 1.47. The van der Waals surface area contributed by atoms with Gasteiger partial charge in [-0.1, -0.05) is 18.2 Å². The molecule has 1 aliphatic rings. The lowest BCUT2D eigenvalue weighted by Crippen LogP contribution is -2.47. The standard InChI is InChI=1S/C22H28N4O2S/c1-18-5-3-7-21(15-18)26-13-11-25(12-14-26)10-9-19(2)24-29(27,28)22-8-4-6-20(16-22)17-23/h3-8,15-16,19,24H,9-14H2,1-2H3. The summed E-state index contributed by atoms with van der Waals surface area (Å²) in [4.78, 5) is 4.92. The third kappa shape index (κ3) is 5.80. The second-order valence-corrected chi connectivity index (χ2v) is 9.33. The number of hydrogen-bond donors (Lipinski definition) is 1. The molecule has 0 saturated carbocycles. The van der Waals surface area contributed by atoms with Crippen molar-refractivity contribution in [2.75, 3.05) is 37.6 Å². The minimum absolute atomic E-state index is 0.134. The first kappa shape index (κ1) is 21.3. The van der Waals surface area contributed by atoms with Gasteiger partial charge in [-0.25, -0.2) is 13.1 Å². The van der Waals surface area contributed by atoms with E-state index in [0.717, 1.165) is 39.1 Å². The lowest BCUT2D eigenvalue weighted by molar-refractivity contribution is 0.248. The van der Waals surface area contributed by atoms with Crippen molar-refractivity contribution in [2.45, 2.75) is 31.2 Å². The number of anilines is 1. The fourth-order valence-electron chi connectivity index (χ4n) is 3.56. The minimum atomic E-state index is -3.62. The van der Waals surface area contributed by atoms with E-state index in [1.54, 1.807) is 12.1 Å². The van der Waals surface area contributed by atoms with Gasteiger partial charge in [0.15, 0.2) is 0 Å². The van der Waals surface area contributed by atoms with Gasteiger partial charge in [0.2, 0.25) is 10.0 Å². The fraction of sp³-hybridized carbons (Fsp3) is 0.409. The van der Waals surface area contributed by atoms with Gasteiger partial charge in [0.05, 0.1) is 16.5 Å². The summed E-state index contributed by atoms with van der Waals surface area (Å²) < 4.78 is 27.8. The highest BCUT2D eigenvalue weighted by Crippen LogP contribution is 2.18. The maximum atomic E-state index is 12.5. The van der Waals surface area contributed by atoms with Gasteiger partial charge in [-0.05, 0) is 62.7 Å². The molecule has 1 atom stereocenters. The van der Waals surface area contributed by atoms with E-state index in [1.807, 2.05) is 13.0 Å². The van der Waals surface area contributed by atoms with Crippen molar-refractivity contribution in [3.63, 3.8) is 0 Å².